The Morgan fingerprint density at radius 3 is 2.15 bits per heavy atom. The summed E-state index contributed by atoms with van der Waals surface area (Å²) in [6, 6.07) is 21.3. The number of benzene rings is 2. The second-order valence-corrected chi connectivity index (χ2v) is 7.41. The van der Waals surface area contributed by atoms with E-state index in [1.54, 1.807) is 12.0 Å². The van der Waals surface area contributed by atoms with Gasteiger partial charge in [0.1, 0.15) is 6.61 Å². The van der Waals surface area contributed by atoms with Crippen LogP contribution in [0.15, 0.2) is 60.7 Å². The number of rotatable bonds is 7. The zero-order chi connectivity index (χ0) is 19.1. The second-order valence-electron chi connectivity index (χ2n) is 7.41. The van der Waals surface area contributed by atoms with E-state index in [1.807, 2.05) is 30.3 Å². The Morgan fingerprint density at radius 2 is 1.59 bits per heavy atom. The summed E-state index contributed by atoms with van der Waals surface area (Å²) in [7, 11) is 0. The molecule has 1 aliphatic heterocycles. The van der Waals surface area contributed by atoms with Crippen LogP contribution < -0.4 is 0 Å². The van der Waals surface area contributed by atoms with Gasteiger partial charge < -0.3 is 4.90 Å². The topological polar surface area (TPSA) is 32.8 Å². The van der Waals surface area contributed by atoms with E-state index in [0.29, 0.717) is 12.6 Å². The Bertz CT molecular complexity index is 697. The fourth-order valence-corrected chi connectivity index (χ4v) is 3.82. The SMILES string of the molecule is CC(=O)N(OCc1ccccc1)C1CCN(C(C)Cc2ccccc2)CC1. The van der Waals surface area contributed by atoms with Crippen molar-refractivity contribution in [3.8, 4) is 0 Å². The highest BCUT2D eigenvalue weighted by molar-refractivity contribution is 5.72. The average molecular weight is 367 g/mol. The highest BCUT2D eigenvalue weighted by atomic mass is 16.7. The summed E-state index contributed by atoms with van der Waals surface area (Å²) in [5.41, 5.74) is 2.46. The van der Waals surface area contributed by atoms with Crippen LogP contribution in [0.2, 0.25) is 0 Å². The quantitative estimate of drug-likeness (QED) is 0.693. The minimum atomic E-state index is -0.0123. The van der Waals surface area contributed by atoms with Gasteiger partial charge in [-0.2, -0.15) is 0 Å². The maximum Gasteiger partial charge on any atom is 0.243 e. The molecule has 1 amide bonds. The maximum absolute atomic E-state index is 12.1. The van der Waals surface area contributed by atoms with Gasteiger partial charge in [0.05, 0.1) is 6.04 Å². The van der Waals surface area contributed by atoms with E-state index in [9.17, 15) is 4.79 Å². The number of carbonyl (C=O) groups excluding carboxylic acids is 1. The average Bonchev–Trinajstić information content (AvgIpc) is 2.70. The molecule has 2 aromatic rings. The summed E-state index contributed by atoms with van der Waals surface area (Å²) in [6.45, 7) is 6.32. The molecule has 4 nitrogen and oxygen atoms in total. The smallest absolute Gasteiger partial charge is 0.243 e. The van der Waals surface area contributed by atoms with Crippen LogP contribution in [0.4, 0.5) is 0 Å². The molecule has 0 aliphatic carbocycles. The largest absolute Gasteiger partial charge is 0.300 e. The van der Waals surface area contributed by atoms with Crippen LogP contribution in [0, 0.1) is 0 Å². The lowest BCUT2D eigenvalue weighted by Gasteiger charge is -2.39. The molecular formula is C23H30N2O2. The van der Waals surface area contributed by atoms with Crippen LogP contribution in [-0.2, 0) is 22.7 Å². The van der Waals surface area contributed by atoms with Crippen LogP contribution in [0.25, 0.3) is 0 Å². The summed E-state index contributed by atoms with van der Waals surface area (Å²) in [5.74, 6) is -0.0123. The van der Waals surface area contributed by atoms with Gasteiger partial charge in [0.2, 0.25) is 5.91 Å². The minimum absolute atomic E-state index is 0.0123. The Morgan fingerprint density at radius 1 is 1.04 bits per heavy atom. The van der Waals surface area contributed by atoms with E-state index in [0.717, 1.165) is 37.9 Å². The molecule has 3 rings (SSSR count). The fraction of sp³-hybridized carbons (Fsp3) is 0.435. The third-order valence-electron chi connectivity index (χ3n) is 5.35. The van der Waals surface area contributed by atoms with Gasteiger partial charge in [-0.05, 0) is 37.3 Å². The first kappa shape index (κ1) is 19.6. The molecule has 4 heteroatoms. The Hall–Kier alpha value is -2.17. The Labute approximate surface area is 162 Å². The summed E-state index contributed by atoms with van der Waals surface area (Å²) < 4.78 is 0. The highest BCUT2D eigenvalue weighted by Gasteiger charge is 2.29. The van der Waals surface area contributed by atoms with Gasteiger partial charge >= 0.3 is 0 Å². The number of amides is 1. The molecule has 0 spiro atoms. The van der Waals surface area contributed by atoms with Crippen molar-refractivity contribution >= 4 is 5.91 Å². The van der Waals surface area contributed by atoms with Crippen LogP contribution in [0.1, 0.15) is 37.8 Å². The summed E-state index contributed by atoms with van der Waals surface area (Å²) in [5, 5.41) is 1.60. The Balaban J connectivity index is 1.50. The molecule has 2 aromatic carbocycles. The van der Waals surface area contributed by atoms with Gasteiger partial charge in [-0.25, -0.2) is 5.06 Å². The van der Waals surface area contributed by atoms with E-state index < -0.39 is 0 Å². The van der Waals surface area contributed by atoms with Crippen molar-refractivity contribution in [2.75, 3.05) is 13.1 Å². The molecule has 1 saturated heterocycles. The lowest BCUT2D eigenvalue weighted by molar-refractivity contribution is -0.208. The third-order valence-corrected chi connectivity index (χ3v) is 5.35. The van der Waals surface area contributed by atoms with E-state index >= 15 is 0 Å². The van der Waals surface area contributed by atoms with Gasteiger partial charge in [0, 0.05) is 26.1 Å². The second kappa shape index (κ2) is 9.67. The molecule has 0 aromatic heterocycles. The molecule has 0 N–H and O–H groups in total. The number of carbonyl (C=O) groups is 1. The molecule has 27 heavy (non-hydrogen) atoms. The number of likely N-dealkylation sites (tertiary alicyclic amines) is 1. The van der Waals surface area contributed by atoms with Crippen LogP contribution in [0.5, 0.6) is 0 Å². The summed E-state index contributed by atoms with van der Waals surface area (Å²) >= 11 is 0. The zero-order valence-corrected chi connectivity index (χ0v) is 16.4. The van der Waals surface area contributed by atoms with Crippen molar-refractivity contribution in [1.82, 2.24) is 9.96 Å². The van der Waals surface area contributed by atoms with Gasteiger partial charge in [-0.3, -0.25) is 9.63 Å². The fourth-order valence-electron chi connectivity index (χ4n) is 3.82. The van der Waals surface area contributed by atoms with E-state index in [1.165, 1.54) is 5.56 Å². The molecule has 144 valence electrons. The first-order valence-electron chi connectivity index (χ1n) is 9.88. The molecule has 0 radical (unpaired) electrons. The molecule has 1 atom stereocenters. The zero-order valence-electron chi connectivity index (χ0n) is 16.4. The molecule has 1 aliphatic rings. The number of hydrogen-bond acceptors (Lipinski definition) is 3. The first-order valence-corrected chi connectivity index (χ1v) is 9.88. The number of piperidine rings is 1. The van der Waals surface area contributed by atoms with Crippen molar-refractivity contribution in [1.29, 1.82) is 0 Å². The number of nitrogens with zero attached hydrogens (tertiary/aromatic N) is 2. The third kappa shape index (κ3) is 5.65. The van der Waals surface area contributed by atoms with Gasteiger partial charge in [0.15, 0.2) is 0 Å². The van der Waals surface area contributed by atoms with Gasteiger partial charge in [-0.1, -0.05) is 60.7 Å². The Kier molecular flexibility index (Phi) is 7.02. The summed E-state index contributed by atoms with van der Waals surface area (Å²) in [6.07, 6.45) is 2.97. The van der Waals surface area contributed by atoms with Crippen molar-refractivity contribution in [3.63, 3.8) is 0 Å². The minimum Gasteiger partial charge on any atom is -0.300 e. The predicted octanol–water partition coefficient (Wildman–Crippen LogP) is 4.06. The molecule has 1 heterocycles. The number of hydroxylamine groups is 2. The summed E-state index contributed by atoms with van der Waals surface area (Å²) in [4.78, 5) is 20.5. The first-order chi connectivity index (χ1) is 13.1. The van der Waals surface area contributed by atoms with Gasteiger partial charge in [-0.15, -0.1) is 0 Å². The standard InChI is InChI=1S/C23H30N2O2/c1-19(17-21-9-5-3-6-10-21)24-15-13-23(14-16-24)25(20(2)26)27-18-22-11-7-4-8-12-22/h3-12,19,23H,13-18H2,1-2H3. The lowest BCUT2D eigenvalue weighted by atomic mass is 10.00. The van der Waals surface area contributed by atoms with Gasteiger partial charge in [0.25, 0.3) is 0 Å². The van der Waals surface area contributed by atoms with Crippen molar-refractivity contribution in [2.45, 2.75) is 51.8 Å². The number of hydrogen-bond donors (Lipinski definition) is 0. The molecular weight excluding hydrogens is 336 g/mol. The molecule has 0 saturated carbocycles. The normalized spacial score (nSPS) is 16.8. The van der Waals surface area contributed by atoms with E-state index in [-0.39, 0.29) is 11.9 Å². The van der Waals surface area contributed by atoms with Crippen LogP contribution in [0.3, 0.4) is 0 Å². The molecule has 0 bridgehead atoms. The van der Waals surface area contributed by atoms with Crippen molar-refractivity contribution < 1.29 is 9.63 Å². The van der Waals surface area contributed by atoms with Crippen LogP contribution >= 0.6 is 0 Å². The maximum atomic E-state index is 12.1. The molecule has 1 unspecified atom stereocenters. The molecule has 1 fully saturated rings. The van der Waals surface area contributed by atoms with E-state index in [4.69, 9.17) is 4.84 Å². The predicted molar refractivity (Wildman–Crippen MR) is 108 cm³/mol. The van der Waals surface area contributed by atoms with Crippen molar-refractivity contribution in [3.05, 3.63) is 71.8 Å². The lowest BCUT2D eigenvalue weighted by Crippen LogP contribution is -2.49. The van der Waals surface area contributed by atoms with E-state index in [2.05, 4.69) is 42.2 Å². The van der Waals surface area contributed by atoms with Crippen molar-refractivity contribution in [2.24, 2.45) is 0 Å². The monoisotopic (exact) mass is 366 g/mol. The highest BCUT2D eigenvalue weighted by Crippen LogP contribution is 2.21. The van der Waals surface area contributed by atoms with Crippen LogP contribution in [-0.4, -0.2) is 41.0 Å².